The summed E-state index contributed by atoms with van der Waals surface area (Å²) in [6.07, 6.45) is 0. The van der Waals surface area contributed by atoms with Gasteiger partial charge in [0.1, 0.15) is 0 Å². The number of ether oxygens (including phenoxy) is 1. The predicted octanol–water partition coefficient (Wildman–Crippen LogP) is 0.130. The number of hydrogen-bond acceptors (Lipinski definition) is 5. The molecule has 0 rings (SSSR count). The molecule has 0 aliphatic rings. The van der Waals surface area contributed by atoms with Gasteiger partial charge in [-0.15, -0.1) is 0 Å². The molecule has 16 heavy (non-hydrogen) atoms. The number of esters is 1. The van der Waals surface area contributed by atoms with E-state index >= 15 is 0 Å². The van der Waals surface area contributed by atoms with Crippen molar-refractivity contribution in [1.82, 2.24) is 5.32 Å². The van der Waals surface area contributed by atoms with E-state index in [0.717, 1.165) is 0 Å². The fourth-order valence-electron chi connectivity index (χ4n) is 0.917. The number of sulfone groups is 1. The lowest BCUT2D eigenvalue weighted by Crippen LogP contribution is -2.27. The maximum atomic E-state index is 11.1. The highest BCUT2D eigenvalue weighted by Crippen LogP contribution is 1.93. The van der Waals surface area contributed by atoms with Gasteiger partial charge in [0, 0.05) is 24.4 Å². The van der Waals surface area contributed by atoms with E-state index in [1.165, 1.54) is 0 Å². The lowest BCUT2D eigenvalue weighted by atomic mass is 10.3. The molecule has 0 fully saturated rings. The molecule has 0 saturated heterocycles. The molecule has 0 aromatic rings. The second-order valence-electron chi connectivity index (χ2n) is 3.24. The Kier molecular flexibility index (Phi) is 7.00. The van der Waals surface area contributed by atoms with Gasteiger partial charge in [0.2, 0.25) is 0 Å². The highest BCUT2D eigenvalue weighted by atomic mass is 32.2. The van der Waals surface area contributed by atoms with Crippen LogP contribution in [0.25, 0.3) is 0 Å². The van der Waals surface area contributed by atoms with Crippen molar-refractivity contribution in [1.29, 1.82) is 0 Å². The standard InChI is InChI=1S/C10H19NO4S/c1-4-15-10(12)9(3)8-11-6-7-16(13,14)5-2/h11H,3-8H2,1-2H3. The van der Waals surface area contributed by atoms with Gasteiger partial charge in [0.05, 0.1) is 12.4 Å². The van der Waals surface area contributed by atoms with E-state index in [1.54, 1.807) is 13.8 Å². The van der Waals surface area contributed by atoms with Crippen LogP contribution in [0.2, 0.25) is 0 Å². The molecule has 0 saturated carbocycles. The Hall–Kier alpha value is -0.880. The zero-order chi connectivity index (χ0) is 12.6. The first-order chi connectivity index (χ1) is 7.43. The van der Waals surface area contributed by atoms with Crippen LogP contribution in [0.3, 0.4) is 0 Å². The van der Waals surface area contributed by atoms with E-state index < -0.39 is 15.8 Å². The van der Waals surface area contributed by atoms with Gasteiger partial charge < -0.3 is 10.1 Å². The maximum absolute atomic E-state index is 11.1. The number of hydrogen-bond donors (Lipinski definition) is 1. The summed E-state index contributed by atoms with van der Waals surface area (Å²) in [4.78, 5) is 11.1. The average Bonchev–Trinajstić information content (AvgIpc) is 2.24. The van der Waals surface area contributed by atoms with Gasteiger partial charge >= 0.3 is 5.97 Å². The first kappa shape index (κ1) is 15.1. The Morgan fingerprint density at radius 1 is 1.38 bits per heavy atom. The maximum Gasteiger partial charge on any atom is 0.334 e. The molecule has 0 aromatic heterocycles. The highest BCUT2D eigenvalue weighted by molar-refractivity contribution is 7.91. The smallest absolute Gasteiger partial charge is 0.334 e. The minimum atomic E-state index is -2.96. The van der Waals surface area contributed by atoms with Crippen molar-refractivity contribution in [2.45, 2.75) is 13.8 Å². The summed E-state index contributed by atoms with van der Waals surface area (Å²) >= 11 is 0. The molecule has 0 aromatic carbocycles. The third-order valence-corrected chi connectivity index (χ3v) is 3.64. The Morgan fingerprint density at radius 3 is 2.50 bits per heavy atom. The van der Waals surface area contributed by atoms with Crippen LogP contribution in [-0.4, -0.2) is 45.6 Å². The lowest BCUT2D eigenvalue weighted by Gasteiger charge is -2.06. The summed E-state index contributed by atoms with van der Waals surface area (Å²) in [6, 6.07) is 0. The number of rotatable bonds is 8. The first-order valence-corrected chi connectivity index (χ1v) is 7.01. The Bertz CT molecular complexity index is 335. The van der Waals surface area contributed by atoms with Crippen LogP contribution < -0.4 is 5.32 Å². The molecule has 0 heterocycles. The van der Waals surface area contributed by atoms with Gasteiger partial charge in [-0.05, 0) is 6.92 Å². The molecular formula is C10H19NO4S. The monoisotopic (exact) mass is 249 g/mol. The van der Waals surface area contributed by atoms with Crippen molar-refractivity contribution in [3.8, 4) is 0 Å². The van der Waals surface area contributed by atoms with Gasteiger partial charge in [-0.3, -0.25) is 0 Å². The van der Waals surface area contributed by atoms with E-state index in [4.69, 9.17) is 4.74 Å². The van der Waals surface area contributed by atoms with Crippen LogP contribution in [0.4, 0.5) is 0 Å². The quantitative estimate of drug-likeness (QED) is 0.376. The first-order valence-electron chi connectivity index (χ1n) is 5.19. The van der Waals surface area contributed by atoms with Crippen LogP contribution in [-0.2, 0) is 19.4 Å². The Morgan fingerprint density at radius 2 is 2.00 bits per heavy atom. The molecule has 6 heteroatoms. The van der Waals surface area contributed by atoms with Crippen molar-refractivity contribution in [3.05, 3.63) is 12.2 Å². The predicted molar refractivity (Wildman–Crippen MR) is 63.0 cm³/mol. The topological polar surface area (TPSA) is 72.5 Å². The molecule has 0 atom stereocenters. The normalized spacial score (nSPS) is 11.1. The summed E-state index contributed by atoms with van der Waals surface area (Å²) in [5, 5.41) is 2.84. The highest BCUT2D eigenvalue weighted by Gasteiger charge is 2.09. The zero-order valence-corrected chi connectivity index (χ0v) is 10.6. The minimum absolute atomic E-state index is 0.0691. The lowest BCUT2D eigenvalue weighted by molar-refractivity contribution is -0.138. The van der Waals surface area contributed by atoms with Crippen molar-refractivity contribution in [3.63, 3.8) is 0 Å². The molecule has 0 aliphatic carbocycles. The second kappa shape index (κ2) is 7.40. The van der Waals surface area contributed by atoms with Gasteiger partial charge in [0.15, 0.2) is 9.84 Å². The molecule has 5 nitrogen and oxygen atoms in total. The molecule has 0 bridgehead atoms. The van der Waals surface area contributed by atoms with E-state index in [2.05, 4.69) is 11.9 Å². The third-order valence-electron chi connectivity index (χ3n) is 1.93. The van der Waals surface area contributed by atoms with E-state index in [-0.39, 0.29) is 18.1 Å². The summed E-state index contributed by atoms with van der Waals surface area (Å²) in [7, 11) is -2.96. The summed E-state index contributed by atoms with van der Waals surface area (Å²) in [5.41, 5.74) is 0.302. The molecule has 0 spiro atoms. The largest absolute Gasteiger partial charge is 0.463 e. The van der Waals surface area contributed by atoms with Crippen LogP contribution in [0.5, 0.6) is 0 Å². The van der Waals surface area contributed by atoms with Gasteiger partial charge in [0.25, 0.3) is 0 Å². The van der Waals surface area contributed by atoms with Gasteiger partial charge in [-0.2, -0.15) is 0 Å². The molecular weight excluding hydrogens is 230 g/mol. The van der Waals surface area contributed by atoms with Crippen LogP contribution >= 0.6 is 0 Å². The van der Waals surface area contributed by atoms with Crippen LogP contribution in [0, 0.1) is 0 Å². The molecule has 0 aliphatic heterocycles. The van der Waals surface area contributed by atoms with Crippen LogP contribution in [0.15, 0.2) is 12.2 Å². The van der Waals surface area contributed by atoms with Crippen molar-refractivity contribution >= 4 is 15.8 Å². The average molecular weight is 249 g/mol. The summed E-state index contributed by atoms with van der Waals surface area (Å²) in [5.74, 6) is -0.249. The fourth-order valence-corrected chi connectivity index (χ4v) is 1.66. The Balaban J connectivity index is 3.75. The number of carbonyl (C=O) groups is 1. The van der Waals surface area contributed by atoms with E-state index in [0.29, 0.717) is 18.7 Å². The summed E-state index contributed by atoms with van der Waals surface area (Å²) in [6.45, 7) is 7.73. The van der Waals surface area contributed by atoms with Crippen molar-refractivity contribution < 1.29 is 17.9 Å². The number of carbonyl (C=O) groups excluding carboxylic acids is 1. The molecule has 0 radical (unpaired) electrons. The second-order valence-corrected chi connectivity index (χ2v) is 5.71. The molecule has 0 amide bonds. The van der Waals surface area contributed by atoms with E-state index in [9.17, 15) is 13.2 Å². The fraction of sp³-hybridized carbons (Fsp3) is 0.700. The summed E-state index contributed by atoms with van der Waals surface area (Å²) < 4.78 is 27.0. The Labute approximate surface area is 96.8 Å². The molecule has 0 unspecified atom stereocenters. The van der Waals surface area contributed by atoms with Gasteiger partial charge in [-0.1, -0.05) is 13.5 Å². The minimum Gasteiger partial charge on any atom is -0.463 e. The van der Waals surface area contributed by atoms with E-state index in [1.807, 2.05) is 0 Å². The third kappa shape index (κ3) is 6.58. The SMILES string of the molecule is C=C(CNCCS(=O)(=O)CC)C(=O)OCC. The van der Waals surface area contributed by atoms with Crippen molar-refractivity contribution in [2.75, 3.05) is 31.2 Å². The van der Waals surface area contributed by atoms with Crippen molar-refractivity contribution in [2.24, 2.45) is 0 Å². The molecule has 94 valence electrons. The number of nitrogens with one attached hydrogen (secondary N) is 1. The zero-order valence-electron chi connectivity index (χ0n) is 9.78. The van der Waals surface area contributed by atoms with Crippen LogP contribution in [0.1, 0.15) is 13.8 Å². The van der Waals surface area contributed by atoms with Gasteiger partial charge in [-0.25, -0.2) is 13.2 Å². The molecule has 1 N–H and O–H groups in total.